The Kier molecular flexibility index (Phi) is 4.57. The highest BCUT2D eigenvalue weighted by Gasteiger charge is 2.14. The monoisotopic (exact) mass is 305 g/mol. The molecule has 2 N–H and O–H groups in total. The van der Waals surface area contributed by atoms with Gasteiger partial charge in [0, 0.05) is 24.8 Å². The molecule has 1 aromatic heterocycles. The zero-order valence-corrected chi connectivity index (χ0v) is 13.0. The number of aromatic nitrogens is 1. The summed E-state index contributed by atoms with van der Waals surface area (Å²) in [5.74, 6) is 0.775. The third-order valence-corrected chi connectivity index (χ3v) is 3.69. The minimum Gasteiger partial charge on any atom is -0.389 e. The lowest BCUT2D eigenvalue weighted by Crippen LogP contribution is -2.23. The van der Waals surface area contributed by atoms with E-state index in [4.69, 9.17) is 29.6 Å². The molecule has 104 valence electrons. The first-order valence-corrected chi connectivity index (χ1v) is 6.99. The predicted octanol–water partition coefficient (Wildman–Crippen LogP) is 3.31. The van der Waals surface area contributed by atoms with Crippen molar-refractivity contribution in [2.45, 2.75) is 13.5 Å². The van der Waals surface area contributed by atoms with Gasteiger partial charge < -0.3 is 10.6 Å². The van der Waals surface area contributed by atoms with Gasteiger partial charge in [0.15, 0.2) is 0 Å². The van der Waals surface area contributed by atoms with Crippen LogP contribution in [0.4, 0.5) is 5.82 Å². The molecule has 0 saturated heterocycles. The lowest BCUT2D eigenvalue weighted by Gasteiger charge is -2.22. The highest BCUT2D eigenvalue weighted by molar-refractivity contribution is 7.80. The molecule has 20 heavy (non-hydrogen) atoms. The van der Waals surface area contributed by atoms with Gasteiger partial charge in [-0.25, -0.2) is 4.98 Å². The molecule has 1 heterocycles. The van der Waals surface area contributed by atoms with E-state index in [-0.39, 0.29) is 0 Å². The van der Waals surface area contributed by atoms with E-state index in [0.717, 1.165) is 27.5 Å². The fourth-order valence-electron chi connectivity index (χ4n) is 2.09. The maximum atomic E-state index is 6.19. The lowest BCUT2D eigenvalue weighted by molar-refractivity contribution is 0.894. The van der Waals surface area contributed by atoms with Crippen molar-refractivity contribution in [2.24, 2.45) is 5.73 Å². The zero-order valence-electron chi connectivity index (χ0n) is 11.4. The summed E-state index contributed by atoms with van der Waals surface area (Å²) in [7, 11) is 1.95. The Hall–Kier alpha value is -1.65. The van der Waals surface area contributed by atoms with Crippen LogP contribution >= 0.6 is 23.8 Å². The van der Waals surface area contributed by atoms with Crippen LogP contribution in [0.2, 0.25) is 5.02 Å². The molecule has 0 aliphatic heterocycles. The van der Waals surface area contributed by atoms with Crippen molar-refractivity contribution in [2.75, 3.05) is 11.9 Å². The van der Waals surface area contributed by atoms with Crippen molar-refractivity contribution in [3.63, 3.8) is 0 Å². The summed E-state index contributed by atoms with van der Waals surface area (Å²) in [5, 5.41) is 0.740. The number of nitrogens with two attached hydrogens (primary N) is 1. The normalized spacial score (nSPS) is 10.3. The number of thiocarbonyl (C=S) groups is 1. The summed E-state index contributed by atoms with van der Waals surface area (Å²) in [6.45, 7) is 2.62. The maximum Gasteiger partial charge on any atom is 0.139 e. The quantitative estimate of drug-likeness (QED) is 0.880. The first-order valence-electron chi connectivity index (χ1n) is 6.20. The molecule has 1 aromatic carbocycles. The molecule has 0 unspecified atom stereocenters. The van der Waals surface area contributed by atoms with Crippen molar-refractivity contribution in [3.05, 3.63) is 58.2 Å². The molecule has 0 bridgehead atoms. The average molecular weight is 306 g/mol. The van der Waals surface area contributed by atoms with Gasteiger partial charge in [0.05, 0.1) is 5.56 Å². The molecule has 0 saturated carbocycles. The SMILES string of the molecule is Cc1ccnc(N(C)Cc2ccccc2Cl)c1C(N)=S. The summed E-state index contributed by atoms with van der Waals surface area (Å²) >= 11 is 11.3. The molecular weight excluding hydrogens is 290 g/mol. The van der Waals surface area contributed by atoms with Crippen LogP contribution in [0, 0.1) is 6.92 Å². The van der Waals surface area contributed by atoms with E-state index >= 15 is 0 Å². The van der Waals surface area contributed by atoms with Gasteiger partial charge in [0.2, 0.25) is 0 Å². The summed E-state index contributed by atoms with van der Waals surface area (Å²) in [4.78, 5) is 6.76. The number of benzene rings is 1. The number of hydrogen-bond donors (Lipinski definition) is 1. The van der Waals surface area contributed by atoms with Gasteiger partial charge >= 0.3 is 0 Å². The second-order valence-electron chi connectivity index (χ2n) is 4.64. The van der Waals surface area contributed by atoms with Crippen LogP contribution in [0.1, 0.15) is 16.7 Å². The van der Waals surface area contributed by atoms with E-state index in [1.165, 1.54) is 0 Å². The Morgan fingerprint density at radius 3 is 2.70 bits per heavy atom. The van der Waals surface area contributed by atoms with Gasteiger partial charge in [-0.15, -0.1) is 0 Å². The lowest BCUT2D eigenvalue weighted by atomic mass is 10.1. The van der Waals surface area contributed by atoms with E-state index in [1.807, 2.05) is 49.2 Å². The van der Waals surface area contributed by atoms with Crippen molar-refractivity contribution >= 4 is 34.6 Å². The highest BCUT2D eigenvalue weighted by Crippen LogP contribution is 2.23. The number of aryl methyl sites for hydroxylation is 1. The number of nitrogens with zero attached hydrogens (tertiary/aromatic N) is 2. The van der Waals surface area contributed by atoms with Crippen LogP contribution < -0.4 is 10.6 Å². The van der Waals surface area contributed by atoms with Gasteiger partial charge in [-0.2, -0.15) is 0 Å². The van der Waals surface area contributed by atoms with Crippen LogP contribution in [-0.4, -0.2) is 17.0 Å². The molecular formula is C15H16ClN3S. The van der Waals surface area contributed by atoms with Crippen molar-refractivity contribution in [3.8, 4) is 0 Å². The second-order valence-corrected chi connectivity index (χ2v) is 5.49. The zero-order chi connectivity index (χ0) is 14.7. The van der Waals surface area contributed by atoms with Crippen molar-refractivity contribution in [1.29, 1.82) is 0 Å². The first kappa shape index (κ1) is 14.8. The predicted molar refractivity (Wildman–Crippen MR) is 88.4 cm³/mol. The highest BCUT2D eigenvalue weighted by atomic mass is 35.5. The maximum absolute atomic E-state index is 6.19. The van der Waals surface area contributed by atoms with E-state index in [1.54, 1.807) is 6.20 Å². The van der Waals surface area contributed by atoms with Crippen LogP contribution in [0.15, 0.2) is 36.5 Å². The fourth-order valence-corrected chi connectivity index (χ4v) is 2.54. The number of anilines is 1. The average Bonchev–Trinajstić information content (AvgIpc) is 2.40. The van der Waals surface area contributed by atoms with Gasteiger partial charge in [0.25, 0.3) is 0 Å². The third kappa shape index (κ3) is 3.08. The Labute approximate surface area is 129 Å². The molecule has 0 aliphatic rings. The van der Waals surface area contributed by atoms with Gasteiger partial charge in [0.1, 0.15) is 10.8 Å². The van der Waals surface area contributed by atoms with E-state index in [9.17, 15) is 0 Å². The van der Waals surface area contributed by atoms with E-state index in [2.05, 4.69) is 4.98 Å². The van der Waals surface area contributed by atoms with Crippen molar-refractivity contribution < 1.29 is 0 Å². The Morgan fingerprint density at radius 1 is 1.35 bits per heavy atom. The van der Waals surface area contributed by atoms with Crippen LogP contribution in [0.5, 0.6) is 0 Å². The number of hydrogen-bond acceptors (Lipinski definition) is 3. The second kappa shape index (κ2) is 6.20. The molecule has 0 radical (unpaired) electrons. The molecule has 2 rings (SSSR count). The van der Waals surface area contributed by atoms with Crippen molar-refractivity contribution in [1.82, 2.24) is 4.98 Å². The smallest absolute Gasteiger partial charge is 0.139 e. The van der Waals surface area contributed by atoms with Gasteiger partial charge in [-0.1, -0.05) is 42.0 Å². The molecule has 0 aliphatic carbocycles. The molecule has 0 fully saturated rings. The molecule has 0 spiro atoms. The fraction of sp³-hybridized carbons (Fsp3) is 0.200. The first-order chi connectivity index (χ1) is 9.50. The Balaban J connectivity index is 2.35. The largest absolute Gasteiger partial charge is 0.389 e. The third-order valence-electron chi connectivity index (χ3n) is 3.11. The number of pyridine rings is 1. The standard InChI is InChI=1S/C15H16ClN3S/c1-10-7-8-18-15(13(10)14(17)20)19(2)9-11-5-3-4-6-12(11)16/h3-8H,9H2,1-2H3,(H2,17,20). The van der Waals surface area contributed by atoms with Gasteiger partial charge in [-0.05, 0) is 30.2 Å². The van der Waals surface area contributed by atoms with Gasteiger partial charge in [-0.3, -0.25) is 0 Å². The van der Waals surface area contributed by atoms with Crippen LogP contribution in [0.3, 0.4) is 0 Å². The topological polar surface area (TPSA) is 42.2 Å². The summed E-state index contributed by atoms with van der Waals surface area (Å²) in [6.07, 6.45) is 1.76. The van der Waals surface area contributed by atoms with Crippen LogP contribution in [0.25, 0.3) is 0 Å². The van der Waals surface area contributed by atoms with Crippen LogP contribution in [-0.2, 0) is 6.54 Å². The van der Waals surface area contributed by atoms with E-state index < -0.39 is 0 Å². The molecule has 3 nitrogen and oxygen atoms in total. The van der Waals surface area contributed by atoms with E-state index in [0.29, 0.717) is 11.5 Å². The number of halogens is 1. The molecule has 5 heteroatoms. The Bertz CT molecular complexity index is 643. The summed E-state index contributed by atoms with van der Waals surface area (Å²) in [5.41, 5.74) is 8.69. The molecule has 0 atom stereocenters. The molecule has 2 aromatic rings. The summed E-state index contributed by atoms with van der Waals surface area (Å²) in [6, 6.07) is 9.66. The Morgan fingerprint density at radius 2 is 2.05 bits per heavy atom. The molecule has 0 amide bonds. The minimum atomic E-state index is 0.358. The number of rotatable bonds is 4. The minimum absolute atomic E-state index is 0.358. The summed E-state index contributed by atoms with van der Waals surface area (Å²) < 4.78 is 0.